The second kappa shape index (κ2) is 4.08. The summed E-state index contributed by atoms with van der Waals surface area (Å²) in [6.07, 6.45) is 0.955. The van der Waals surface area contributed by atoms with Crippen molar-refractivity contribution < 1.29 is 18.3 Å². The lowest BCUT2D eigenvalue weighted by Gasteiger charge is -2.06. The molecule has 82 valence electrons. The van der Waals surface area contributed by atoms with Gasteiger partial charge in [0.05, 0.1) is 22.5 Å². The summed E-state index contributed by atoms with van der Waals surface area (Å²) in [5.74, 6) is -1.15. The number of sulfonamides is 1. The Bertz CT molecular complexity index is 497. The van der Waals surface area contributed by atoms with Gasteiger partial charge in [-0.2, -0.15) is 0 Å². The number of carboxylic acid groups (broad SMARTS) is 1. The number of carboxylic acids is 1. The summed E-state index contributed by atoms with van der Waals surface area (Å²) in [6, 6.07) is 3.77. The van der Waals surface area contributed by atoms with Crippen molar-refractivity contribution in [2.45, 2.75) is 0 Å². The zero-order chi connectivity index (χ0) is 11.6. The molecule has 0 fully saturated rings. The number of hydrogen-bond donors (Lipinski definition) is 2. The van der Waals surface area contributed by atoms with Crippen molar-refractivity contribution in [3.05, 3.63) is 28.8 Å². The van der Waals surface area contributed by atoms with E-state index >= 15 is 0 Å². The lowest BCUT2D eigenvalue weighted by Crippen LogP contribution is -2.10. The van der Waals surface area contributed by atoms with Crippen LogP contribution in [-0.2, 0) is 10.0 Å². The van der Waals surface area contributed by atoms with Crippen molar-refractivity contribution in [2.24, 2.45) is 0 Å². The molecular formula is C8H8ClNO4S. The van der Waals surface area contributed by atoms with Gasteiger partial charge in [0, 0.05) is 0 Å². The summed E-state index contributed by atoms with van der Waals surface area (Å²) < 4.78 is 24.0. The van der Waals surface area contributed by atoms with Crippen molar-refractivity contribution in [3.8, 4) is 0 Å². The average molecular weight is 250 g/mol. The maximum Gasteiger partial charge on any atom is 0.335 e. The third-order valence-corrected chi connectivity index (χ3v) is 2.43. The van der Waals surface area contributed by atoms with Gasteiger partial charge in [-0.15, -0.1) is 0 Å². The van der Waals surface area contributed by atoms with Crippen LogP contribution < -0.4 is 4.72 Å². The maximum atomic E-state index is 10.9. The Kier molecular flexibility index (Phi) is 3.21. The normalized spacial score (nSPS) is 11.1. The monoisotopic (exact) mass is 249 g/mol. The number of anilines is 1. The number of nitrogens with one attached hydrogen (secondary N) is 1. The van der Waals surface area contributed by atoms with Gasteiger partial charge in [-0.3, -0.25) is 4.72 Å². The first-order valence-corrected chi connectivity index (χ1v) is 6.07. The second-order valence-corrected chi connectivity index (χ2v) is 5.03. The largest absolute Gasteiger partial charge is 0.478 e. The fourth-order valence-electron chi connectivity index (χ4n) is 0.936. The zero-order valence-electron chi connectivity index (χ0n) is 7.69. The minimum absolute atomic E-state index is 0.0365. The highest BCUT2D eigenvalue weighted by molar-refractivity contribution is 7.92. The first-order chi connectivity index (χ1) is 6.79. The Morgan fingerprint density at radius 1 is 1.47 bits per heavy atom. The van der Waals surface area contributed by atoms with Crippen LogP contribution in [0.25, 0.3) is 0 Å². The number of rotatable bonds is 3. The molecule has 1 aromatic carbocycles. The Morgan fingerprint density at radius 3 is 2.53 bits per heavy atom. The second-order valence-electron chi connectivity index (χ2n) is 2.87. The smallest absolute Gasteiger partial charge is 0.335 e. The number of aromatic carboxylic acids is 1. The van der Waals surface area contributed by atoms with Gasteiger partial charge in [-0.1, -0.05) is 11.6 Å². The third-order valence-electron chi connectivity index (χ3n) is 1.51. The van der Waals surface area contributed by atoms with Crippen molar-refractivity contribution in [3.63, 3.8) is 0 Å². The van der Waals surface area contributed by atoms with E-state index in [4.69, 9.17) is 16.7 Å². The molecule has 0 saturated carbocycles. The van der Waals surface area contributed by atoms with Crippen LogP contribution in [-0.4, -0.2) is 25.7 Å². The molecule has 0 aromatic heterocycles. The number of halogens is 1. The summed E-state index contributed by atoms with van der Waals surface area (Å²) in [5, 5.41) is 8.82. The van der Waals surface area contributed by atoms with E-state index in [1.54, 1.807) is 0 Å². The third kappa shape index (κ3) is 3.41. The number of hydrogen-bond acceptors (Lipinski definition) is 3. The first-order valence-electron chi connectivity index (χ1n) is 3.80. The topological polar surface area (TPSA) is 83.5 Å². The molecule has 0 aliphatic rings. The molecule has 0 saturated heterocycles. The molecule has 0 spiro atoms. The van der Waals surface area contributed by atoms with Gasteiger partial charge in [0.2, 0.25) is 10.0 Å². The van der Waals surface area contributed by atoms with E-state index in [-0.39, 0.29) is 16.3 Å². The van der Waals surface area contributed by atoms with Crippen molar-refractivity contribution >= 4 is 33.3 Å². The van der Waals surface area contributed by atoms with Gasteiger partial charge in [0.25, 0.3) is 0 Å². The Balaban J connectivity index is 3.17. The summed E-state index contributed by atoms with van der Waals surface area (Å²) in [7, 11) is -3.47. The van der Waals surface area contributed by atoms with E-state index in [1.165, 1.54) is 12.1 Å². The molecule has 0 radical (unpaired) electrons. The highest BCUT2D eigenvalue weighted by Gasteiger charge is 2.10. The number of benzene rings is 1. The molecule has 0 atom stereocenters. The Hall–Kier alpha value is -1.27. The summed E-state index contributed by atoms with van der Waals surface area (Å²) in [4.78, 5) is 10.6. The molecule has 7 heteroatoms. The molecule has 0 bridgehead atoms. The minimum atomic E-state index is -3.47. The van der Waals surface area contributed by atoms with E-state index in [2.05, 4.69) is 4.72 Å². The van der Waals surface area contributed by atoms with E-state index in [9.17, 15) is 13.2 Å². The standard InChI is InChI=1S/C8H8ClNO4S/c1-15(13,14)10-7-4-5(8(11)12)2-3-6(7)9/h2-4,10H,1H3,(H,11,12). The van der Waals surface area contributed by atoms with Gasteiger partial charge < -0.3 is 5.11 Å². The molecule has 15 heavy (non-hydrogen) atoms. The van der Waals surface area contributed by atoms with Crippen LogP contribution in [0.2, 0.25) is 5.02 Å². The van der Waals surface area contributed by atoms with Crippen LogP contribution in [0.3, 0.4) is 0 Å². The van der Waals surface area contributed by atoms with E-state index in [0.29, 0.717) is 0 Å². The van der Waals surface area contributed by atoms with E-state index in [1.807, 2.05) is 0 Å². The van der Waals surface area contributed by atoms with Crippen LogP contribution in [0.4, 0.5) is 5.69 Å². The predicted molar refractivity (Wildman–Crippen MR) is 56.9 cm³/mol. The molecule has 0 unspecified atom stereocenters. The van der Waals surface area contributed by atoms with Gasteiger partial charge in [-0.25, -0.2) is 13.2 Å². The fourth-order valence-corrected chi connectivity index (χ4v) is 1.73. The van der Waals surface area contributed by atoms with Crippen LogP contribution in [0.5, 0.6) is 0 Å². The molecule has 0 aliphatic heterocycles. The molecule has 1 aromatic rings. The van der Waals surface area contributed by atoms with Crippen LogP contribution in [0.1, 0.15) is 10.4 Å². The lowest BCUT2D eigenvalue weighted by atomic mass is 10.2. The molecular weight excluding hydrogens is 242 g/mol. The molecule has 5 nitrogen and oxygen atoms in total. The SMILES string of the molecule is CS(=O)(=O)Nc1cc(C(=O)O)ccc1Cl. The lowest BCUT2D eigenvalue weighted by molar-refractivity contribution is 0.0697. The van der Waals surface area contributed by atoms with Crippen molar-refractivity contribution in [1.29, 1.82) is 0 Å². The van der Waals surface area contributed by atoms with Gasteiger partial charge in [0.1, 0.15) is 0 Å². The van der Waals surface area contributed by atoms with E-state index in [0.717, 1.165) is 12.3 Å². The zero-order valence-corrected chi connectivity index (χ0v) is 9.26. The molecule has 0 heterocycles. The van der Waals surface area contributed by atoms with E-state index < -0.39 is 16.0 Å². The molecule has 2 N–H and O–H groups in total. The maximum absolute atomic E-state index is 10.9. The van der Waals surface area contributed by atoms with Crippen LogP contribution in [0, 0.1) is 0 Å². The Morgan fingerprint density at radius 2 is 2.07 bits per heavy atom. The minimum Gasteiger partial charge on any atom is -0.478 e. The van der Waals surface area contributed by atoms with Gasteiger partial charge >= 0.3 is 5.97 Å². The van der Waals surface area contributed by atoms with Gasteiger partial charge in [-0.05, 0) is 18.2 Å². The summed E-state index contributed by atoms with van der Waals surface area (Å²) in [5.41, 5.74) is 0.0182. The average Bonchev–Trinajstić information content (AvgIpc) is 2.06. The predicted octanol–water partition coefficient (Wildman–Crippen LogP) is 1.41. The highest BCUT2D eigenvalue weighted by Crippen LogP contribution is 2.23. The number of carbonyl (C=O) groups is 1. The summed E-state index contributed by atoms with van der Waals surface area (Å²) >= 11 is 5.69. The van der Waals surface area contributed by atoms with Crippen molar-refractivity contribution in [1.82, 2.24) is 0 Å². The fraction of sp³-hybridized carbons (Fsp3) is 0.125. The van der Waals surface area contributed by atoms with Crippen molar-refractivity contribution in [2.75, 3.05) is 11.0 Å². The first kappa shape index (κ1) is 11.8. The van der Waals surface area contributed by atoms with Crippen LogP contribution in [0.15, 0.2) is 18.2 Å². The summed E-state index contributed by atoms with van der Waals surface area (Å²) in [6.45, 7) is 0. The Labute approximate surface area is 91.7 Å². The molecule has 0 amide bonds. The quantitative estimate of drug-likeness (QED) is 0.848. The van der Waals surface area contributed by atoms with Gasteiger partial charge in [0.15, 0.2) is 0 Å². The molecule has 1 rings (SSSR count). The molecule has 0 aliphatic carbocycles. The highest BCUT2D eigenvalue weighted by atomic mass is 35.5. The van der Waals surface area contributed by atoms with Crippen LogP contribution >= 0.6 is 11.6 Å².